The van der Waals surface area contributed by atoms with Gasteiger partial charge in [0.1, 0.15) is 0 Å². The van der Waals surface area contributed by atoms with Crippen molar-refractivity contribution in [2.24, 2.45) is 0 Å². The van der Waals surface area contributed by atoms with Crippen molar-refractivity contribution >= 4 is 39.8 Å². The van der Waals surface area contributed by atoms with Crippen molar-refractivity contribution in [2.45, 2.75) is 19.8 Å². The molecule has 1 rings (SSSR count). The number of nitrogens with one attached hydrogen (secondary N) is 1. The molecule has 0 aromatic carbocycles. The van der Waals surface area contributed by atoms with Crippen LogP contribution >= 0.6 is 33.9 Å². The van der Waals surface area contributed by atoms with Crippen LogP contribution in [0.5, 0.6) is 0 Å². The van der Waals surface area contributed by atoms with Gasteiger partial charge in [0.05, 0.1) is 2.88 Å². The first-order chi connectivity index (χ1) is 6.22. The van der Waals surface area contributed by atoms with Crippen LogP contribution in [0.25, 0.3) is 0 Å². The zero-order chi connectivity index (χ0) is 9.68. The molecule has 1 amide bonds. The molecule has 0 radical (unpaired) electrons. The van der Waals surface area contributed by atoms with Crippen LogP contribution in [-0.2, 0) is 11.2 Å². The molecule has 0 aliphatic heterocycles. The van der Waals surface area contributed by atoms with E-state index in [4.69, 9.17) is 0 Å². The summed E-state index contributed by atoms with van der Waals surface area (Å²) in [6.07, 6.45) is 1.52. The van der Waals surface area contributed by atoms with Gasteiger partial charge < -0.3 is 5.32 Å². The molecule has 0 atom stereocenters. The molecule has 4 heteroatoms. The molecular formula is C9H12INOS. The number of carbonyl (C=O) groups is 1. The van der Waals surface area contributed by atoms with Crippen molar-refractivity contribution in [3.63, 3.8) is 0 Å². The van der Waals surface area contributed by atoms with E-state index < -0.39 is 0 Å². The van der Waals surface area contributed by atoms with Crippen LogP contribution in [0.4, 0.5) is 0 Å². The normalized spacial score (nSPS) is 10.0. The summed E-state index contributed by atoms with van der Waals surface area (Å²) in [5, 5.41) is 2.86. The van der Waals surface area contributed by atoms with Crippen LogP contribution in [0, 0.1) is 2.88 Å². The molecular weight excluding hydrogens is 297 g/mol. The van der Waals surface area contributed by atoms with Gasteiger partial charge in [0.2, 0.25) is 5.91 Å². The fraction of sp³-hybridized carbons (Fsp3) is 0.444. The number of carbonyl (C=O) groups excluding carboxylic acids is 1. The first-order valence-corrected chi connectivity index (χ1v) is 6.13. The van der Waals surface area contributed by atoms with E-state index >= 15 is 0 Å². The fourth-order valence-electron chi connectivity index (χ4n) is 0.936. The number of rotatable bonds is 4. The highest BCUT2D eigenvalue weighted by molar-refractivity contribution is 14.1. The van der Waals surface area contributed by atoms with Crippen molar-refractivity contribution in [3.05, 3.63) is 19.9 Å². The summed E-state index contributed by atoms with van der Waals surface area (Å²) >= 11 is 4.09. The highest BCUT2D eigenvalue weighted by atomic mass is 127. The minimum atomic E-state index is 0.131. The third-order valence-corrected chi connectivity index (χ3v) is 3.60. The topological polar surface area (TPSA) is 29.1 Å². The molecule has 0 aliphatic carbocycles. The van der Waals surface area contributed by atoms with Crippen LogP contribution < -0.4 is 5.32 Å². The number of thiophene rings is 1. The van der Waals surface area contributed by atoms with Gasteiger partial charge in [-0.1, -0.05) is 6.92 Å². The lowest BCUT2D eigenvalue weighted by molar-refractivity contribution is -0.120. The number of halogens is 1. The molecule has 72 valence electrons. The van der Waals surface area contributed by atoms with Crippen molar-refractivity contribution in [3.8, 4) is 0 Å². The number of amides is 1. The number of hydrogen-bond donors (Lipinski definition) is 1. The van der Waals surface area contributed by atoms with Gasteiger partial charge in [-0.25, -0.2) is 0 Å². The van der Waals surface area contributed by atoms with E-state index in [1.165, 1.54) is 7.76 Å². The molecule has 0 fully saturated rings. The second-order valence-electron chi connectivity index (χ2n) is 2.66. The van der Waals surface area contributed by atoms with Gasteiger partial charge in [-0.2, -0.15) is 0 Å². The van der Waals surface area contributed by atoms with Gasteiger partial charge in [-0.3, -0.25) is 4.79 Å². The Morgan fingerprint density at radius 3 is 2.92 bits per heavy atom. The third-order valence-electron chi connectivity index (χ3n) is 1.64. The Morgan fingerprint density at radius 1 is 1.62 bits per heavy atom. The second kappa shape index (κ2) is 5.59. The average Bonchev–Trinajstić information content (AvgIpc) is 2.51. The number of hydrogen-bond acceptors (Lipinski definition) is 2. The monoisotopic (exact) mass is 309 g/mol. The lowest BCUT2D eigenvalue weighted by Crippen LogP contribution is -2.24. The standard InChI is InChI=1S/C9H12INOS/c1-2-9(12)11-6-5-7-3-4-8(10)13-7/h3-4H,2,5-6H2,1H3,(H,11,12). The van der Waals surface area contributed by atoms with Crippen molar-refractivity contribution in [1.29, 1.82) is 0 Å². The predicted molar refractivity (Wildman–Crippen MR) is 64.0 cm³/mol. The molecule has 0 bridgehead atoms. The van der Waals surface area contributed by atoms with Gasteiger partial charge >= 0.3 is 0 Å². The Labute approximate surface area is 95.9 Å². The van der Waals surface area contributed by atoms with Crippen LogP contribution in [0.2, 0.25) is 0 Å². The van der Waals surface area contributed by atoms with Gasteiger partial charge in [-0.05, 0) is 41.1 Å². The molecule has 1 N–H and O–H groups in total. The van der Waals surface area contributed by atoms with Gasteiger partial charge in [-0.15, -0.1) is 11.3 Å². The molecule has 1 aromatic rings. The van der Waals surface area contributed by atoms with Crippen molar-refractivity contribution in [1.82, 2.24) is 5.32 Å². The molecule has 0 aliphatic rings. The Balaban J connectivity index is 2.24. The highest BCUT2D eigenvalue weighted by Crippen LogP contribution is 2.18. The molecule has 1 heterocycles. The maximum atomic E-state index is 10.9. The summed E-state index contributed by atoms with van der Waals surface area (Å²) in [4.78, 5) is 12.2. The van der Waals surface area contributed by atoms with Crippen LogP contribution in [0.3, 0.4) is 0 Å². The average molecular weight is 309 g/mol. The minimum absolute atomic E-state index is 0.131. The largest absolute Gasteiger partial charge is 0.356 e. The van der Waals surface area contributed by atoms with E-state index in [1.807, 2.05) is 6.92 Å². The second-order valence-corrected chi connectivity index (χ2v) is 5.72. The molecule has 0 unspecified atom stereocenters. The van der Waals surface area contributed by atoms with Gasteiger partial charge in [0, 0.05) is 17.8 Å². The zero-order valence-electron chi connectivity index (χ0n) is 7.47. The Morgan fingerprint density at radius 2 is 2.38 bits per heavy atom. The highest BCUT2D eigenvalue weighted by Gasteiger charge is 1.99. The first-order valence-electron chi connectivity index (χ1n) is 4.23. The summed E-state index contributed by atoms with van der Waals surface area (Å²) in [5.41, 5.74) is 0. The first kappa shape index (κ1) is 11.0. The molecule has 0 spiro atoms. The fourth-order valence-corrected chi connectivity index (χ4v) is 2.69. The van der Waals surface area contributed by atoms with Crippen LogP contribution in [0.15, 0.2) is 12.1 Å². The van der Waals surface area contributed by atoms with E-state index in [0.29, 0.717) is 6.42 Å². The van der Waals surface area contributed by atoms with E-state index in [-0.39, 0.29) is 5.91 Å². The lowest BCUT2D eigenvalue weighted by Gasteiger charge is -2.00. The minimum Gasteiger partial charge on any atom is -0.356 e. The summed E-state index contributed by atoms with van der Waals surface area (Å²) in [6.45, 7) is 2.62. The van der Waals surface area contributed by atoms with Gasteiger partial charge in [0.15, 0.2) is 0 Å². The Hall–Kier alpha value is -0.100. The van der Waals surface area contributed by atoms with E-state index in [9.17, 15) is 4.79 Å². The predicted octanol–water partition coefficient (Wildman–Crippen LogP) is 2.42. The maximum absolute atomic E-state index is 10.9. The Kier molecular flexibility index (Phi) is 4.72. The maximum Gasteiger partial charge on any atom is 0.219 e. The SMILES string of the molecule is CCC(=O)NCCc1ccc(I)s1. The summed E-state index contributed by atoms with van der Waals surface area (Å²) in [6, 6.07) is 4.22. The van der Waals surface area contributed by atoms with E-state index in [2.05, 4.69) is 40.0 Å². The van der Waals surface area contributed by atoms with E-state index in [1.54, 1.807) is 11.3 Å². The lowest BCUT2D eigenvalue weighted by atomic mass is 10.3. The van der Waals surface area contributed by atoms with Crippen molar-refractivity contribution in [2.75, 3.05) is 6.54 Å². The molecule has 2 nitrogen and oxygen atoms in total. The zero-order valence-corrected chi connectivity index (χ0v) is 10.4. The molecule has 0 saturated carbocycles. The summed E-state index contributed by atoms with van der Waals surface area (Å²) in [7, 11) is 0. The van der Waals surface area contributed by atoms with Crippen LogP contribution in [-0.4, -0.2) is 12.5 Å². The quantitative estimate of drug-likeness (QED) is 0.850. The summed E-state index contributed by atoms with van der Waals surface area (Å²) in [5.74, 6) is 0.131. The smallest absolute Gasteiger partial charge is 0.219 e. The Bertz CT molecular complexity index is 285. The third kappa shape index (κ3) is 4.08. The van der Waals surface area contributed by atoms with Crippen LogP contribution in [0.1, 0.15) is 18.2 Å². The molecule has 1 aromatic heterocycles. The van der Waals surface area contributed by atoms with Crippen molar-refractivity contribution < 1.29 is 4.79 Å². The van der Waals surface area contributed by atoms with E-state index in [0.717, 1.165) is 13.0 Å². The molecule has 13 heavy (non-hydrogen) atoms. The molecule has 0 saturated heterocycles. The summed E-state index contributed by atoms with van der Waals surface area (Å²) < 4.78 is 1.30. The van der Waals surface area contributed by atoms with Gasteiger partial charge in [0.25, 0.3) is 0 Å².